The first-order chi connectivity index (χ1) is 20.1. The summed E-state index contributed by atoms with van der Waals surface area (Å²) >= 11 is 0. The Bertz CT molecular complexity index is 1810. The molecule has 1 heterocycles. The highest BCUT2D eigenvalue weighted by Gasteiger charge is 2.33. The zero-order chi connectivity index (χ0) is 29.9. The van der Waals surface area contributed by atoms with E-state index in [0.29, 0.717) is 17.6 Å². The van der Waals surface area contributed by atoms with Crippen LogP contribution in [0.4, 0.5) is 11.6 Å². The summed E-state index contributed by atoms with van der Waals surface area (Å²) in [5.74, 6) is -0.486. The molecule has 0 saturated heterocycles. The van der Waals surface area contributed by atoms with Gasteiger partial charge in [-0.1, -0.05) is 80.6 Å². The third-order valence-corrected chi connectivity index (χ3v) is 9.10. The van der Waals surface area contributed by atoms with Gasteiger partial charge in [0, 0.05) is 23.7 Å². The quantitative estimate of drug-likeness (QED) is 0.194. The summed E-state index contributed by atoms with van der Waals surface area (Å²) in [6.45, 7) is 4.29. The molecule has 2 N–H and O–H groups in total. The molecule has 0 fully saturated rings. The molecule has 4 aromatic carbocycles. The van der Waals surface area contributed by atoms with E-state index in [1.54, 1.807) is 36.4 Å². The molecule has 5 rings (SSSR count). The first-order valence-corrected chi connectivity index (χ1v) is 15.1. The van der Waals surface area contributed by atoms with Gasteiger partial charge in [0.25, 0.3) is 0 Å². The first-order valence-electron chi connectivity index (χ1n) is 13.6. The number of rotatable bonds is 10. The van der Waals surface area contributed by atoms with Gasteiger partial charge in [-0.25, -0.2) is 18.4 Å². The SMILES string of the molecule is CC(C)c1ccc2nc(Nc3ccc(S(=O)(=O)N(C)C(Cc4ccccc4)C(=O)O)cc3)nc(-c3ccccc3)c2c1. The zero-order valence-corrected chi connectivity index (χ0v) is 24.4. The van der Waals surface area contributed by atoms with Crippen LogP contribution in [-0.2, 0) is 21.2 Å². The van der Waals surface area contributed by atoms with Crippen LogP contribution in [-0.4, -0.2) is 46.9 Å². The summed E-state index contributed by atoms with van der Waals surface area (Å²) in [5.41, 5.74) is 5.06. The van der Waals surface area contributed by atoms with Crippen LogP contribution in [0.15, 0.2) is 108 Å². The summed E-state index contributed by atoms with van der Waals surface area (Å²) < 4.78 is 27.7. The number of likely N-dealkylation sites (N-methyl/N-ethyl adjacent to an activating group) is 1. The fourth-order valence-corrected chi connectivity index (χ4v) is 6.07. The number of sulfonamides is 1. The van der Waals surface area contributed by atoms with E-state index in [4.69, 9.17) is 9.97 Å². The Morgan fingerprint density at radius 1 is 0.881 bits per heavy atom. The van der Waals surface area contributed by atoms with Crippen molar-refractivity contribution in [3.05, 3.63) is 114 Å². The largest absolute Gasteiger partial charge is 0.480 e. The third kappa shape index (κ3) is 6.17. The van der Waals surface area contributed by atoms with E-state index in [1.807, 2.05) is 42.5 Å². The molecule has 42 heavy (non-hydrogen) atoms. The second-order valence-corrected chi connectivity index (χ2v) is 12.4. The summed E-state index contributed by atoms with van der Waals surface area (Å²) in [4.78, 5) is 21.6. The van der Waals surface area contributed by atoms with Gasteiger partial charge in [-0.05, 0) is 59.9 Å². The van der Waals surface area contributed by atoms with Gasteiger partial charge in [0.05, 0.1) is 16.1 Å². The van der Waals surface area contributed by atoms with Crippen molar-refractivity contribution in [1.29, 1.82) is 0 Å². The maximum Gasteiger partial charge on any atom is 0.322 e. The molecule has 0 spiro atoms. The number of fused-ring (bicyclic) bond motifs is 1. The van der Waals surface area contributed by atoms with E-state index >= 15 is 0 Å². The van der Waals surface area contributed by atoms with E-state index in [-0.39, 0.29) is 11.3 Å². The molecule has 0 aliphatic carbocycles. The molecule has 0 saturated carbocycles. The average molecular weight is 581 g/mol. The van der Waals surface area contributed by atoms with Crippen LogP contribution in [0, 0.1) is 0 Å². The van der Waals surface area contributed by atoms with Crippen molar-refractivity contribution in [2.24, 2.45) is 0 Å². The lowest BCUT2D eigenvalue weighted by atomic mass is 9.99. The van der Waals surface area contributed by atoms with E-state index < -0.39 is 22.0 Å². The van der Waals surface area contributed by atoms with Gasteiger partial charge in [0.15, 0.2) is 0 Å². The molecule has 9 heteroatoms. The minimum atomic E-state index is -4.08. The number of hydrogen-bond donors (Lipinski definition) is 2. The Morgan fingerprint density at radius 3 is 2.14 bits per heavy atom. The lowest BCUT2D eigenvalue weighted by Gasteiger charge is -2.24. The highest BCUT2D eigenvalue weighted by Crippen LogP contribution is 2.31. The van der Waals surface area contributed by atoms with Gasteiger partial charge in [0.1, 0.15) is 6.04 Å². The lowest BCUT2D eigenvalue weighted by Crippen LogP contribution is -2.43. The van der Waals surface area contributed by atoms with Crippen molar-refractivity contribution in [1.82, 2.24) is 14.3 Å². The third-order valence-electron chi connectivity index (χ3n) is 7.22. The maximum absolute atomic E-state index is 13.4. The molecule has 5 aromatic rings. The summed E-state index contributed by atoms with van der Waals surface area (Å²) in [7, 11) is -2.79. The Balaban J connectivity index is 1.42. The minimum absolute atomic E-state index is 0.0134. The number of aromatic nitrogens is 2. The molecule has 0 aliphatic heterocycles. The Labute approximate surface area is 245 Å². The van der Waals surface area contributed by atoms with Crippen molar-refractivity contribution in [3.63, 3.8) is 0 Å². The summed E-state index contributed by atoms with van der Waals surface area (Å²) in [5, 5.41) is 14.0. The van der Waals surface area contributed by atoms with Crippen LogP contribution in [0.3, 0.4) is 0 Å². The smallest absolute Gasteiger partial charge is 0.322 e. The summed E-state index contributed by atoms with van der Waals surface area (Å²) in [6.07, 6.45) is 0.0489. The molecule has 0 bridgehead atoms. The number of nitrogens with one attached hydrogen (secondary N) is 1. The van der Waals surface area contributed by atoms with Crippen molar-refractivity contribution in [2.45, 2.75) is 37.1 Å². The van der Waals surface area contributed by atoms with Crippen LogP contribution in [0.1, 0.15) is 30.9 Å². The van der Waals surface area contributed by atoms with E-state index in [0.717, 1.165) is 32.0 Å². The van der Waals surface area contributed by atoms with Crippen molar-refractivity contribution >= 4 is 38.5 Å². The standard InChI is InChI=1S/C33H32N4O4S/c1-22(2)25-14-19-29-28(21-25)31(24-12-8-5-9-13-24)36-33(35-29)34-26-15-17-27(18-16-26)42(40,41)37(3)30(32(38)39)20-23-10-6-4-7-11-23/h4-19,21-22,30H,20H2,1-3H3,(H,38,39)(H,34,35,36). The number of nitrogens with zero attached hydrogens (tertiary/aromatic N) is 3. The number of carboxylic acid groups (broad SMARTS) is 1. The van der Waals surface area contributed by atoms with E-state index in [2.05, 4.69) is 31.3 Å². The molecular formula is C33H32N4O4S. The van der Waals surface area contributed by atoms with Crippen molar-refractivity contribution < 1.29 is 18.3 Å². The predicted molar refractivity (Wildman–Crippen MR) is 165 cm³/mol. The molecule has 0 amide bonds. The van der Waals surface area contributed by atoms with Gasteiger partial charge >= 0.3 is 5.97 Å². The van der Waals surface area contributed by atoms with Crippen LogP contribution >= 0.6 is 0 Å². The Kier molecular flexibility index (Phi) is 8.33. The fourth-order valence-electron chi connectivity index (χ4n) is 4.76. The number of benzene rings is 4. The zero-order valence-electron chi connectivity index (χ0n) is 23.6. The van der Waals surface area contributed by atoms with Crippen LogP contribution in [0.25, 0.3) is 22.2 Å². The Morgan fingerprint density at radius 2 is 1.52 bits per heavy atom. The number of carboxylic acids is 1. The average Bonchev–Trinajstić information content (AvgIpc) is 3.00. The molecule has 8 nitrogen and oxygen atoms in total. The highest BCUT2D eigenvalue weighted by molar-refractivity contribution is 7.89. The second kappa shape index (κ2) is 12.1. The highest BCUT2D eigenvalue weighted by atomic mass is 32.2. The molecule has 214 valence electrons. The van der Waals surface area contributed by atoms with Gasteiger partial charge in [-0.2, -0.15) is 4.31 Å². The molecule has 0 radical (unpaired) electrons. The molecule has 1 unspecified atom stereocenters. The first kappa shape index (κ1) is 28.9. The van der Waals surface area contributed by atoms with E-state index in [9.17, 15) is 18.3 Å². The normalized spacial score (nSPS) is 12.5. The van der Waals surface area contributed by atoms with Crippen molar-refractivity contribution in [3.8, 4) is 11.3 Å². The summed E-state index contributed by atoms with van der Waals surface area (Å²) in [6, 6.07) is 29.9. The number of aliphatic carboxylic acids is 1. The maximum atomic E-state index is 13.4. The van der Waals surface area contributed by atoms with Crippen molar-refractivity contribution in [2.75, 3.05) is 12.4 Å². The van der Waals surface area contributed by atoms with Gasteiger partial charge in [0.2, 0.25) is 16.0 Å². The van der Waals surface area contributed by atoms with Gasteiger partial charge in [-0.3, -0.25) is 4.79 Å². The molecule has 0 aliphatic rings. The fraction of sp³-hybridized carbons (Fsp3) is 0.182. The van der Waals surface area contributed by atoms with Crippen LogP contribution < -0.4 is 5.32 Å². The lowest BCUT2D eigenvalue weighted by molar-refractivity contribution is -0.141. The van der Waals surface area contributed by atoms with Crippen LogP contribution in [0.2, 0.25) is 0 Å². The molecular weight excluding hydrogens is 548 g/mol. The second-order valence-electron chi connectivity index (χ2n) is 10.4. The number of hydrogen-bond acceptors (Lipinski definition) is 6. The minimum Gasteiger partial charge on any atom is -0.480 e. The monoisotopic (exact) mass is 580 g/mol. The molecule has 1 atom stereocenters. The number of carbonyl (C=O) groups is 1. The molecule has 1 aromatic heterocycles. The topological polar surface area (TPSA) is 112 Å². The van der Waals surface area contributed by atoms with Gasteiger partial charge in [-0.15, -0.1) is 0 Å². The number of anilines is 2. The van der Waals surface area contributed by atoms with Crippen LogP contribution in [0.5, 0.6) is 0 Å². The Hall–Kier alpha value is -4.60. The van der Waals surface area contributed by atoms with Gasteiger partial charge < -0.3 is 10.4 Å². The van der Waals surface area contributed by atoms with E-state index in [1.165, 1.54) is 24.7 Å². The predicted octanol–water partition coefficient (Wildman–Crippen LogP) is 6.48.